The summed E-state index contributed by atoms with van der Waals surface area (Å²) in [5.74, 6) is 1.71. The van der Waals surface area contributed by atoms with Crippen molar-refractivity contribution in [3.63, 3.8) is 0 Å². The quantitative estimate of drug-likeness (QED) is 0.384. The van der Waals surface area contributed by atoms with Gasteiger partial charge in [-0.1, -0.05) is 103 Å². The van der Waals surface area contributed by atoms with Crippen molar-refractivity contribution >= 4 is 0 Å². The standard InChI is InChI=1S/C25H36N2.C3H8.2C2H6/c1-3-23-9-6-7-11-25(23)19-27-17-22-14-12-21(13-15-22)16-26-18-24-10-5-4-8-20(24)2;1-3-2;2*1-2/h4-11,21-22,26-27H,3,12-19H2,1-2H3;3H2,1-2H3;2*1-2H3. The first-order valence-electron chi connectivity index (χ1n) is 14.2. The highest BCUT2D eigenvalue weighted by Crippen LogP contribution is 2.28. The number of benzene rings is 2. The molecule has 0 heterocycles. The fraction of sp³-hybridized carbons (Fsp3) is 0.625. The van der Waals surface area contributed by atoms with E-state index in [1.165, 1.54) is 67.4 Å². The Hall–Kier alpha value is -1.64. The van der Waals surface area contributed by atoms with Gasteiger partial charge in [0.2, 0.25) is 0 Å². The van der Waals surface area contributed by atoms with Gasteiger partial charge in [0.15, 0.2) is 0 Å². The van der Waals surface area contributed by atoms with E-state index in [1.807, 2.05) is 27.7 Å². The summed E-state index contributed by atoms with van der Waals surface area (Å²) in [6.45, 7) is 21.0. The van der Waals surface area contributed by atoms with E-state index in [2.05, 4.69) is 86.9 Å². The second-order valence-corrected chi connectivity index (χ2v) is 8.90. The normalized spacial score (nSPS) is 16.7. The minimum atomic E-state index is 0.853. The first kappa shape index (κ1) is 32.4. The molecule has 0 unspecified atom stereocenters. The molecule has 2 N–H and O–H groups in total. The van der Waals surface area contributed by atoms with Gasteiger partial charge >= 0.3 is 0 Å². The van der Waals surface area contributed by atoms with Gasteiger partial charge in [0.25, 0.3) is 0 Å². The molecule has 1 aliphatic rings. The van der Waals surface area contributed by atoms with E-state index in [0.717, 1.165) is 31.3 Å². The molecule has 0 saturated heterocycles. The summed E-state index contributed by atoms with van der Waals surface area (Å²) in [5, 5.41) is 7.40. The molecule has 3 rings (SSSR count). The van der Waals surface area contributed by atoms with Crippen LogP contribution in [0.4, 0.5) is 0 Å². The average molecular weight is 469 g/mol. The zero-order valence-electron chi connectivity index (χ0n) is 23.8. The van der Waals surface area contributed by atoms with Gasteiger partial charge in [-0.3, -0.25) is 0 Å². The third-order valence-corrected chi connectivity index (χ3v) is 6.22. The van der Waals surface area contributed by atoms with Crippen molar-refractivity contribution < 1.29 is 0 Å². The molecule has 0 amide bonds. The van der Waals surface area contributed by atoms with E-state index < -0.39 is 0 Å². The summed E-state index contributed by atoms with van der Waals surface area (Å²) in [6.07, 6.45) is 7.87. The molecule has 2 heteroatoms. The lowest BCUT2D eigenvalue weighted by Gasteiger charge is -2.29. The Morgan fingerprint density at radius 3 is 1.44 bits per heavy atom. The van der Waals surface area contributed by atoms with Gasteiger partial charge in [-0.2, -0.15) is 0 Å². The summed E-state index contributed by atoms with van der Waals surface area (Å²) in [5.41, 5.74) is 5.77. The Kier molecular flexibility index (Phi) is 20.8. The Balaban J connectivity index is 0.00000141. The molecule has 2 aromatic carbocycles. The van der Waals surface area contributed by atoms with E-state index in [0.29, 0.717) is 0 Å². The van der Waals surface area contributed by atoms with E-state index >= 15 is 0 Å². The largest absolute Gasteiger partial charge is 0.312 e. The van der Waals surface area contributed by atoms with Crippen LogP contribution in [-0.4, -0.2) is 13.1 Å². The van der Waals surface area contributed by atoms with Crippen molar-refractivity contribution in [2.45, 2.75) is 107 Å². The van der Waals surface area contributed by atoms with Crippen LogP contribution < -0.4 is 10.6 Å². The van der Waals surface area contributed by atoms with Crippen LogP contribution in [0.2, 0.25) is 0 Å². The van der Waals surface area contributed by atoms with Gasteiger partial charge in [-0.15, -0.1) is 0 Å². The predicted octanol–water partition coefficient (Wildman–Crippen LogP) is 8.71. The van der Waals surface area contributed by atoms with Gasteiger partial charge < -0.3 is 10.6 Å². The monoisotopic (exact) mass is 468 g/mol. The van der Waals surface area contributed by atoms with Crippen LogP contribution in [-0.2, 0) is 19.5 Å². The summed E-state index contributed by atoms with van der Waals surface area (Å²) < 4.78 is 0. The maximum atomic E-state index is 3.72. The van der Waals surface area contributed by atoms with Crippen LogP contribution in [0, 0.1) is 18.8 Å². The van der Waals surface area contributed by atoms with Crippen molar-refractivity contribution in [2.75, 3.05) is 13.1 Å². The maximum Gasteiger partial charge on any atom is 0.0208 e. The van der Waals surface area contributed by atoms with Crippen molar-refractivity contribution in [3.05, 3.63) is 70.8 Å². The van der Waals surface area contributed by atoms with E-state index in [4.69, 9.17) is 0 Å². The van der Waals surface area contributed by atoms with Crippen molar-refractivity contribution in [3.8, 4) is 0 Å². The van der Waals surface area contributed by atoms with Crippen molar-refractivity contribution in [1.29, 1.82) is 0 Å². The van der Waals surface area contributed by atoms with Gasteiger partial charge in [-0.05, 0) is 86.2 Å². The van der Waals surface area contributed by atoms with Crippen LogP contribution in [0.5, 0.6) is 0 Å². The smallest absolute Gasteiger partial charge is 0.0208 e. The highest BCUT2D eigenvalue weighted by Gasteiger charge is 2.20. The molecule has 194 valence electrons. The fourth-order valence-electron chi connectivity index (χ4n) is 4.34. The Morgan fingerprint density at radius 2 is 1.00 bits per heavy atom. The second-order valence-electron chi connectivity index (χ2n) is 8.90. The van der Waals surface area contributed by atoms with Gasteiger partial charge in [0.1, 0.15) is 0 Å². The third kappa shape index (κ3) is 13.3. The minimum absolute atomic E-state index is 0.853. The topological polar surface area (TPSA) is 24.1 Å². The SMILES string of the molecule is CC.CC.CCC.CCc1ccccc1CNCC1CCC(CNCc2ccccc2C)CC1. The molecule has 34 heavy (non-hydrogen) atoms. The molecule has 0 aromatic heterocycles. The van der Waals surface area contributed by atoms with Crippen molar-refractivity contribution in [1.82, 2.24) is 10.6 Å². The Labute approximate surface area is 213 Å². The molecule has 0 radical (unpaired) electrons. The van der Waals surface area contributed by atoms with E-state index in [9.17, 15) is 0 Å². The van der Waals surface area contributed by atoms with E-state index in [-0.39, 0.29) is 0 Å². The number of hydrogen-bond donors (Lipinski definition) is 2. The minimum Gasteiger partial charge on any atom is -0.312 e. The summed E-state index contributed by atoms with van der Waals surface area (Å²) in [4.78, 5) is 0. The van der Waals surface area contributed by atoms with E-state index in [1.54, 1.807) is 0 Å². The van der Waals surface area contributed by atoms with Gasteiger partial charge in [0, 0.05) is 13.1 Å². The fourth-order valence-corrected chi connectivity index (χ4v) is 4.34. The van der Waals surface area contributed by atoms with Crippen LogP contribution in [0.3, 0.4) is 0 Å². The molecule has 0 aliphatic heterocycles. The third-order valence-electron chi connectivity index (χ3n) is 6.22. The number of rotatable bonds is 9. The molecule has 2 nitrogen and oxygen atoms in total. The van der Waals surface area contributed by atoms with Gasteiger partial charge in [0.05, 0.1) is 0 Å². The van der Waals surface area contributed by atoms with Gasteiger partial charge in [-0.25, -0.2) is 0 Å². The molecule has 0 atom stereocenters. The van der Waals surface area contributed by atoms with Crippen LogP contribution >= 0.6 is 0 Å². The Bertz CT molecular complexity index is 702. The summed E-state index contributed by atoms with van der Waals surface area (Å²) >= 11 is 0. The van der Waals surface area contributed by atoms with Crippen LogP contribution in [0.1, 0.15) is 103 Å². The maximum absolute atomic E-state index is 3.72. The first-order chi connectivity index (χ1) is 16.7. The van der Waals surface area contributed by atoms with Crippen molar-refractivity contribution in [2.24, 2.45) is 11.8 Å². The zero-order valence-corrected chi connectivity index (χ0v) is 23.8. The van der Waals surface area contributed by atoms with Crippen LogP contribution in [0.15, 0.2) is 48.5 Å². The molecule has 2 aromatic rings. The highest BCUT2D eigenvalue weighted by atomic mass is 14.9. The highest BCUT2D eigenvalue weighted by molar-refractivity contribution is 5.27. The second kappa shape index (κ2) is 21.9. The molecule has 1 aliphatic carbocycles. The Morgan fingerprint density at radius 1 is 0.618 bits per heavy atom. The molecule has 0 spiro atoms. The lowest BCUT2D eigenvalue weighted by Crippen LogP contribution is -2.30. The average Bonchev–Trinajstić information content (AvgIpc) is 2.89. The molecule has 1 fully saturated rings. The number of hydrogen-bond acceptors (Lipinski definition) is 2. The first-order valence-corrected chi connectivity index (χ1v) is 14.2. The zero-order chi connectivity index (χ0) is 25.6. The lowest BCUT2D eigenvalue weighted by atomic mass is 9.82. The summed E-state index contributed by atoms with van der Waals surface area (Å²) in [6, 6.07) is 17.5. The molecule has 1 saturated carbocycles. The predicted molar refractivity (Wildman–Crippen MR) is 155 cm³/mol. The molecular formula is C32H56N2. The summed E-state index contributed by atoms with van der Waals surface area (Å²) in [7, 11) is 0. The van der Waals surface area contributed by atoms with Crippen LogP contribution in [0.25, 0.3) is 0 Å². The number of nitrogens with one attached hydrogen (secondary N) is 2. The molecular weight excluding hydrogens is 412 g/mol. The number of aryl methyl sites for hydroxylation is 2. The lowest BCUT2D eigenvalue weighted by molar-refractivity contribution is 0.260. The molecule has 0 bridgehead atoms.